The fourth-order valence-electron chi connectivity index (χ4n) is 1.18. The summed E-state index contributed by atoms with van der Waals surface area (Å²) in [5.74, 6) is 0.372. The Hall–Kier alpha value is -1.32. The second-order valence-corrected chi connectivity index (χ2v) is 3.71. The van der Waals surface area contributed by atoms with Gasteiger partial charge in [0.05, 0.1) is 28.1 Å². The van der Waals surface area contributed by atoms with Gasteiger partial charge in [-0.25, -0.2) is 4.98 Å². The molecule has 0 aliphatic carbocycles. The predicted molar refractivity (Wildman–Crippen MR) is 61.9 cm³/mol. The van der Waals surface area contributed by atoms with E-state index in [1.807, 2.05) is 12.1 Å². The Bertz CT molecular complexity index is 483. The van der Waals surface area contributed by atoms with Gasteiger partial charge in [0, 0.05) is 5.56 Å². The van der Waals surface area contributed by atoms with Crippen LogP contribution >= 0.6 is 23.2 Å². The van der Waals surface area contributed by atoms with Crippen LogP contribution in [0.2, 0.25) is 10.0 Å². The van der Waals surface area contributed by atoms with Gasteiger partial charge in [0.15, 0.2) is 0 Å². The molecule has 1 aromatic carbocycles. The minimum atomic E-state index is 0.372. The Morgan fingerprint density at radius 3 is 2.53 bits per heavy atom. The Morgan fingerprint density at radius 1 is 1.07 bits per heavy atom. The Labute approximate surface area is 96.9 Å². The van der Waals surface area contributed by atoms with E-state index in [1.54, 1.807) is 12.3 Å². The van der Waals surface area contributed by atoms with Crippen LogP contribution in [0.3, 0.4) is 0 Å². The molecule has 3 nitrogen and oxygen atoms in total. The van der Waals surface area contributed by atoms with E-state index < -0.39 is 0 Å². The fraction of sp³-hybridized carbons (Fsp3) is 0. The van der Waals surface area contributed by atoms with Crippen molar-refractivity contribution in [3.8, 4) is 11.3 Å². The summed E-state index contributed by atoms with van der Waals surface area (Å²) in [5, 5.41) is 0.964. The summed E-state index contributed by atoms with van der Waals surface area (Å²) in [5.41, 5.74) is 6.84. The summed E-state index contributed by atoms with van der Waals surface area (Å²) < 4.78 is 0. The Balaban J connectivity index is 2.54. The van der Waals surface area contributed by atoms with Gasteiger partial charge >= 0.3 is 0 Å². The van der Waals surface area contributed by atoms with Crippen molar-refractivity contribution in [3.63, 3.8) is 0 Å². The van der Waals surface area contributed by atoms with Crippen LogP contribution in [0.5, 0.6) is 0 Å². The van der Waals surface area contributed by atoms with Crippen LogP contribution < -0.4 is 5.73 Å². The van der Waals surface area contributed by atoms with Gasteiger partial charge in [-0.05, 0) is 6.07 Å². The number of nitrogens with zero attached hydrogens (tertiary/aromatic N) is 2. The van der Waals surface area contributed by atoms with Crippen LogP contribution in [0.15, 0.2) is 30.6 Å². The molecule has 0 aliphatic rings. The van der Waals surface area contributed by atoms with Gasteiger partial charge < -0.3 is 5.73 Å². The largest absolute Gasteiger partial charge is 0.382 e. The lowest BCUT2D eigenvalue weighted by atomic mass is 10.1. The number of anilines is 1. The molecule has 2 aromatic rings. The standard InChI is InChI=1S/C10H7Cl2N3/c11-7-3-1-2-6(10(7)12)8-4-15-9(13)5-14-8/h1-5H,(H2,13,15). The molecule has 0 amide bonds. The van der Waals surface area contributed by atoms with E-state index in [0.717, 1.165) is 5.56 Å². The molecule has 1 heterocycles. The van der Waals surface area contributed by atoms with E-state index in [0.29, 0.717) is 21.6 Å². The van der Waals surface area contributed by atoms with E-state index in [-0.39, 0.29) is 0 Å². The SMILES string of the molecule is Nc1cnc(-c2cccc(Cl)c2Cl)cn1. The smallest absolute Gasteiger partial charge is 0.141 e. The van der Waals surface area contributed by atoms with Crippen LogP contribution in [-0.2, 0) is 0 Å². The summed E-state index contributed by atoms with van der Waals surface area (Å²) >= 11 is 11.9. The van der Waals surface area contributed by atoms with Crippen LogP contribution in [-0.4, -0.2) is 9.97 Å². The summed E-state index contributed by atoms with van der Waals surface area (Å²) in [7, 11) is 0. The highest BCUT2D eigenvalue weighted by Gasteiger charge is 2.07. The van der Waals surface area contributed by atoms with Gasteiger partial charge in [0.1, 0.15) is 5.82 Å². The van der Waals surface area contributed by atoms with E-state index in [4.69, 9.17) is 28.9 Å². The second-order valence-electron chi connectivity index (χ2n) is 2.93. The minimum Gasteiger partial charge on any atom is -0.382 e. The van der Waals surface area contributed by atoms with Crippen molar-refractivity contribution in [2.24, 2.45) is 0 Å². The van der Waals surface area contributed by atoms with Gasteiger partial charge in [0.25, 0.3) is 0 Å². The topological polar surface area (TPSA) is 51.8 Å². The lowest BCUT2D eigenvalue weighted by Crippen LogP contribution is -1.92. The van der Waals surface area contributed by atoms with Gasteiger partial charge in [0.2, 0.25) is 0 Å². The zero-order chi connectivity index (χ0) is 10.8. The Kier molecular flexibility index (Phi) is 2.75. The molecule has 0 fully saturated rings. The summed E-state index contributed by atoms with van der Waals surface area (Å²) in [4.78, 5) is 8.06. The molecule has 0 saturated heterocycles. The monoisotopic (exact) mass is 239 g/mol. The van der Waals surface area contributed by atoms with Gasteiger partial charge in [-0.1, -0.05) is 35.3 Å². The zero-order valence-electron chi connectivity index (χ0n) is 7.61. The number of nitrogen functional groups attached to an aromatic ring is 1. The van der Waals surface area contributed by atoms with Crippen LogP contribution in [0.25, 0.3) is 11.3 Å². The molecule has 5 heteroatoms. The molecular weight excluding hydrogens is 233 g/mol. The molecule has 2 rings (SSSR count). The van der Waals surface area contributed by atoms with E-state index in [2.05, 4.69) is 9.97 Å². The average molecular weight is 240 g/mol. The first-order valence-electron chi connectivity index (χ1n) is 4.20. The van der Waals surface area contributed by atoms with Crippen molar-refractivity contribution in [2.45, 2.75) is 0 Å². The van der Waals surface area contributed by atoms with Crippen molar-refractivity contribution in [2.75, 3.05) is 5.73 Å². The molecule has 0 radical (unpaired) electrons. The van der Waals surface area contributed by atoms with Gasteiger partial charge in [-0.15, -0.1) is 0 Å². The molecule has 0 unspecified atom stereocenters. The van der Waals surface area contributed by atoms with Crippen LogP contribution in [0.1, 0.15) is 0 Å². The minimum absolute atomic E-state index is 0.372. The molecule has 15 heavy (non-hydrogen) atoms. The van der Waals surface area contributed by atoms with Gasteiger partial charge in [-0.3, -0.25) is 4.98 Å². The molecular formula is C10H7Cl2N3. The highest BCUT2D eigenvalue weighted by molar-refractivity contribution is 6.43. The maximum absolute atomic E-state index is 6.04. The van der Waals surface area contributed by atoms with E-state index in [1.165, 1.54) is 6.20 Å². The maximum Gasteiger partial charge on any atom is 0.141 e. The highest BCUT2D eigenvalue weighted by Crippen LogP contribution is 2.31. The first-order chi connectivity index (χ1) is 7.18. The molecule has 76 valence electrons. The second kappa shape index (κ2) is 4.04. The predicted octanol–water partition coefficient (Wildman–Crippen LogP) is 3.03. The van der Waals surface area contributed by atoms with Gasteiger partial charge in [-0.2, -0.15) is 0 Å². The summed E-state index contributed by atoms with van der Waals surface area (Å²) in [6, 6.07) is 5.36. The number of benzene rings is 1. The quantitative estimate of drug-likeness (QED) is 0.833. The first kappa shape index (κ1) is 10.2. The summed E-state index contributed by atoms with van der Waals surface area (Å²) in [6.07, 6.45) is 3.04. The number of rotatable bonds is 1. The molecule has 0 aliphatic heterocycles. The van der Waals surface area contributed by atoms with Crippen molar-refractivity contribution in [3.05, 3.63) is 40.6 Å². The number of hydrogen-bond donors (Lipinski definition) is 1. The zero-order valence-corrected chi connectivity index (χ0v) is 9.13. The molecule has 1 aromatic heterocycles. The van der Waals surface area contributed by atoms with Crippen molar-refractivity contribution < 1.29 is 0 Å². The van der Waals surface area contributed by atoms with E-state index >= 15 is 0 Å². The third-order valence-electron chi connectivity index (χ3n) is 1.90. The van der Waals surface area contributed by atoms with Crippen LogP contribution in [0.4, 0.5) is 5.82 Å². The normalized spacial score (nSPS) is 10.3. The maximum atomic E-state index is 6.04. The molecule has 2 N–H and O–H groups in total. The number of nitrogens with two attached hydrogens (primary N) is 1. The molecule has 0 saturated carbocycles. The van der Waals surface area contributed by atoms with Crippen molar-refractivity contribution >= 4 is 29.0 Å². The van der Waals surface area contributed by atoms with Crippen molar-refractivity contribution in [1.29, 1.82) is 0 Å². The number of halogens is 2. The average Bonchev–Trinajstić information content (AvgIpc) is 2.24. The number of hydrogen-bond acceptors (Lipinski definition) is 3. The van der Waals surface area contributed by atoms with Crippen LogP contribution in [0, 0.1) is 0 Å². The lowest BCUT2D eigenvalue weighted by molar-refractivity contribution is 1.22. The van der Waals surface area contributed by atoms with E-state index in [9.17, 15) is 0 Å². The fourth-order valence-corrected chi connectivity index (χ4v) is 1.58. The Morgan fingerprint density at radius 2 is 1.87 bits per heavy atom. The van der Waals surface area contributed by atoms with Crippen molar-refractivity contribution in [1.82, 2.24) is 9.97 Å². The number of aromatic nitrogens is 2. The molecule has 0 spiro atoms. The summed E-state index contributed by atoms with van der Waals surface area (Å²) in [6.45, 7) is 0. The molecule has 0 atom stereocenters. The lowest BCUT2D eigenvalue weighted by Gasteiger charge is -2.04. The molecule has 0 bridgehead atoms. The first-order valence-corrected chi connectivity index (χ1v) is 4.96. The highest BCUT2D eigenvalue weighted by atomic mass is 35.5. The third kappa shape index (κ3) is 2.03. The third-order valence-corrected chi connectivity index (χ3v) is 2.72.